The van der Waals surface area contributed by atoms with Crippen LogP contribution in [0.4, 0.5) is 0 Å². The summed E-state index contributed by atoms with van der Waals surface area (Å²) in [6.45, 7) is 4.63. The number of carbonyl (C=O) groups excluding carboxylic acids is 5. The molecular formula is C18H32N6O7. The van der Waals surface area contributed by atoms with Crippen molar-refractivity contribution in [2.24, 2.45) is 23.1 Å². The smallest absolute Gasteiger partial charge is 0.326 e. The van der Waals surface area contributed by atoms with Crippen molar-refractivity contribution in [3.05, 3.63) is 0 Å². The molecule has 176 valence electrons. The first kappa shape index (κ1) is 27.8. The van der Waals surface area contributed by atoms with Gasteiger partial charge in [-0.25, -0.2) is 4.79 Å². The highest BCUT2D eigenvalue weighted by molar-refractivity contribution is 5.94. The van der Waals surface area contributed by atoms with Gasteiger partial charge in [0.15, 0.2) is 0 Å². The number of hydrogen-bond acceptors (Lipinski definition) is 7. The van der Waals surface area contributed by atoms with Crippen LogP contribution in [0.2, 0.25) is 0 Å². The van der Waals surface area contributed by atoms with Gasteiger partial charge in [-0.3, -0.25) is 24.0 Å². The number of carbonyl (C=O) groups is 6. The van der Waals surface area contributed by atoms with Crippen LogP contribution in [0.5, 0.6) is 0 Å². The second-order valence-corrected chi connectivity index (χ2v) is 7.48. The Morgan fingerprint density at radius 1 is 0.774 bits per heavy atom. The molecule has 0 spiro atoms. The predicted molar refractivity (Wildman–Crippen MR) is 109 cm³/mol. The summed E-state index contributed by atoms with van der Waals surface area (Å²) in [4.78, 5) is 69.9. The number of rotatable bonds is 14. The standard InChI is InChI=1S/C18H32N6O7/c1-8(2)14(17(29)23-11(18(30)31)5-7-13(21)26)24-15(27)9(3)22-16(28)10(19)4-6-12(20)25/h8-11,14H,4-7,19H2,1-3H3,(H2,20,25)(H2,21,26)(H,22,28)(H,23,29)(H,24,27)(H,30,31). The van der Waals surface area contributed by atoms with E-state index in [4.69, 9.17) is 17.2 Å². The molecule has 0 fully saturated rings. The van der Waals surface area contributed by atoms with E-state index in [1.807, 2.05) is 0 Å². The summed E-state index contributed by atoms with van der Waals surface area (Å²) in [5.74, 6) is -5.25. The fourth-order valence-electron chi connectivity index (χ4n) is 2.43. The van der Waals surface area contributed by atoms with Crippen LogP contribution in [-0.4, -0.2) is 64.8 Å². The van der Waals surface area contributed by atoms with E-state index in [9.17, 15) is 33.9 Å². The van der Waals surface area contributed by atoms with Crippen LogP contribution < -0.4 is 33.2 Å². The van der Waals surface area contributed by atoms with Gasteiger partial charge in [-0.15, -0.1) is 0 Å². The van der Waals surface area contributed by atoms with Crippen molar-refractivity contribution in [2.45, 2.75) is 70.6 Å². The largest absolute Gasteiger partial charge is 0.480 e. The van der Waals surface area contributed by atoms with E-state index in [1.54, 1.807) is 13.8 Å². The van der Waals surface area contributed by atoms with Crippen molar-refractivity contribution in [2.75, 3.05) is 0 Å². The zero-order chi connectivity index (χ0) is 24.3. The minimum absolute atomic E-state index is 0.00834. The number of hydrogen-bond donors (Lipinski definition) is 7. The second-order valence-electron chi connectivity index (χ2n) is 7.48. The monoisotopic (exact) mass is 444 g/mol. The van der Waals surface area contributed by atoms with Crippen LogP contribution in [0.1, 0.15) is 46.5 Å². The van der Waals surface area contributed by atoms with E-state index in [1.165, 1.54) is 6.92 Å². The van der Waals surface area contributed by atoms with Gasteiger partial charge in [-0.2, -0.15) is 0 Å². The molecule has 0 aliphatic carbocycles. The molecule has 4 atom stereocenters. The zero-order valence-electron chi connectivity index (χ0n) is 17.8. The molecule has 0 aromatic rings. The molecule has 0 aromatic carbocycles. The highest BCUT2D eigenvalue weighted by Gasteiger charge is 2.30. The molecular weight excluding hydrogens is 412 g/mol. The zero-order valence-corrected chi connectivity index (χ0v) is 17.8. The summed E-state index contributed by atoms with van der Waals surface area (Å²) in [5, 5.41) is 16.3. The second kappa shape index (κ2) is 13.2. The Hall–Kier alpha value is -3.22. The van der Waals surface area contributed by atoms with Crippen molar-refractivity contribution < 1.29 is 33.9 Å². The highest BCUT2D eigenvalue weighted by Crippen LogP contribution is 2.06. The topological polar surface area (TPSA) is 237 Å². The van der Waals surface area contributed by atoms with Gasteiger partial charge in [0, 0.05) is 12.8 Å². The number of aliphatic carboxylic acids is 1. The quantitative estimate of drug-likeness (QED) is 0.146. The third-order valence-electron chi connectivity index (χ3n) is 4.33. The number of nitrogens with one attached hydrogen (secondary N) is 3. The van der Waals surface area contributed by atoms with Crippen LogP contribution in [-0.2, 0) is 28.8 Å². The summed E-state index contributed by atoms with van der Waals surface area (Å²) in [6.07, 6.45) is -0.528. The van der Waals surface area contributed by atoms with Gasteiger partial charge in [0.1, 0.15) is 18.1 Å². The normalized spacial score (nSPS) is 14.6. The molecule has 4 unspecified atom stereocenters. The van der Waals surface area contributed by atoms with E-state index in [-0.39, 0.29) is 25.7 Å². The molecule has 0 aliphatic rings. The SMILES string of the molecule is CC(NC(=O)C(N)CCC(N)=O)C(=O)NC(C(=O)NC(CCC(N)=O)C(=O)O)C(C)C. The molecule has 0 heterocycles. The van der Waals surface area contributed by atoms with E-state index in [2.05, 4.69) is 16.0 Å². The first-order valence-electron chi connectivity index (χ1n) is 9.72. The minimum atomic E-state index is -1.36. The maximum atomic E-state index is 12.5. The summed E-state index contributed by atoms with van der Waals surface area (Å²) >= 11 is 0. The lowest BCUT2D eigenvalue weighted by Gasteiger charge is -2.26. The Kier molecular flexibility index (Phi) is 11.8. The molecule has 0 rings (SSSR count). The molecule has 10 N–H and O–H groups in total. The lowest BCUT2D eigenvalue weighted by molar-refractivity contribution is -0.143. The Morgan fingerprint density at radius 3 is 1.74 bits per heavy atom. The molecule has 13 heteroatoms. The molecule has 0 saturated heterocycles. The first-order valence-corrected chi connectivity index (χ1v) is 9.72. The van der Waals surface area contributed by atoms with Gasteiger partial charge >= 0.3 is 5.97 Å². The maximum absolute atomic E-state index is 12.5. The van der Waals surface area contributed by atoms with E-state index in [0.29, 0.717) is 0 Å². The van der Waals surface area contributed by atoms with Crippen molar-refractivity contribution in [3.63, 3.8) is 0 Å². The number of carboxylic acid groups (broad SMARTS) is 1. The third-order valence-corrected chi connectivity index (χ3v) is 4.33. The highest BCUT2D eigenvalue weighted by atomic mass is 16.4. The summed E-state index contributed by atoms with van der Waals surface area (Å²) in [5.41, 5.74) is 15.6. The van der Waals surface area contributed by atoms with Gasteiger partial charge in [0.2, 0.25) is 29.5 Å². The first-order chi connectivity index (χ1) is 14.3. The Bertz CT molecular complexity index is 697. The van der Waals surface area contributed by atoms with E-state index in [0.717, 1.165) is 0 Å². The fraction of sp³-hybridized carbons (Fsp3) is 0.667. The Labute approximate surface area is 179 Å². The van der Waals surface area contributed by atoms with Crippen LogP contribution in [0.25, 0.3) is 0 Å². The molecule has 0 radical (unpaired) electrons. The van der Waals surface area contributed by atoms with Gasteiger partial charge in [0.05, 0.1) is 6.04 Å². The average molecular weight is 444 g/mol. The molecule has 5 amide bonds. The van der Waals surface area contributed by atoms with Crippen molar-refractivity contribution in [3.8, 4) is 0 Å². The summed E-state index contributed by atoms with van der Waals surface area (Å²) in [7, 11) is 0. The average Bonchev–Trinajstić information content (AvgIpc) is 2.65. The number of carboxylic acids is 1. The van der Waals surface area contributed by atoms with Crippen molar-refractivity contribution >= 4 is 35.5 Å². The van der Waals surface area contributed by atoms with Crippen LogP contribution >= 0.6 is 0 Å². The molecule has 0 aromatic heterocycles. The van der Waals surface area contributed by atoms with E-state index < -0.39 is 65.6 Å². The molecule has 31 heavy (non-hydrogen) atoms. The molecule has 13 nitrogen and oxygen atoms in total. The summed E-state index contributed by atoms with van der Waals surface area (Å²) < 4.78 is 0. The summed E-state index contributed by atoms with van der Waals surface area (Å²) in [6, 6.07) is -4.58. The molecule has 0 aliphatic heterocycles. The van der Waals surface area contributed by atoms with Crippen molar-refractivity contribution in [1.29, 1.82) is 0 Å². The third kappa shape index (κ3) is 10.9. The van der Waals surface area contributed by atoms with Gasteiger partial charge in [0.25, 0.3) is 0 Å². The molecule has 0 saturated carbocycles. The maximum Gasteiger partial charge on any atom is 0.326 e. The van der Waals surface area contributed by atoms with Crippen LogP contribution in [0, 0.1) is 5.92 Å². The lowest BCUT2D eigenvalue weighted by atomic mass is 10.0. The fourth-order valence-corrected chi connectivity index (χ4v) is 2.43. The Balaban J connectivity index is 4.99. The predicted octanol–water partition coefficient (Wildman–Crippen LogP) is -2.94. The Morgan fingerprint density at radius 2 is 1.29 bits per heavy atom. The minimum Gasteiger partial charge on any atom is -0.480 e. The van der Waals surface area contributed by atoms with E-state index >= 15 is 0 Å². The van der Waals surface area contributed by atoms with Gasteiger partial charge < -0.3 is 38.3 Å². The lowest BCUT2D eigenvalue weighted by Crippen LogP contribution is -2.57. The number of amides is 5. The van der Waals surface area contributed by atoms with Crippen LogP contribution in [0.15, 0.2) is 0 Å². The molecule has 0 bridgehead atoms. The number of nitrogens with two attached hydrogens (primary N) is 3. The van der Waals surface area contributed by atoms with Crippen LogP contribution in [0.3, 0.4) is 0 Å². The van der Waals surface area contributed by atoms with Gasteiger partial charge in [-0.1, -0.05) is 13.8 Å². The van der Waals surface area contributed by atoms with Crippen molar-refractivity contribution in [1.82, 2.24) is 16.0 Å². The van der Waals surface area contributed by atoms with Gasteiger partial charge in [-0.05, 0) is 25.7 Å². The number of primary amides is 2.